The van der Waals surface area contributed by atoms with Crippen LogP contribution >= 0.6 is 0 Å². The second-order valence-electron chi connectivity index (χ2n) is 10.4. The van der Waals surface area contributed by atoms with Gasteiger partial charge < -0.3 is 4.74 Å². The summed E-state index contributed by atoms with van der Waals surface area (Å²) in [6.07, 6.45) is 15.4. The normalized spacial score (nSPS) is 24.6. The van der Waals surface area contributed by atoms with Crippen molar-refractivity contribution in [2.75, 3.05) is 6.61 Å². The van der Waals surface area contributed by atoms with E-state index in [0.29, 0.717) is 29.1 Å². The van der Waals surface area contributed by atoms with Crippen LogP contribution in [0.2, 0.25) is 0 Å². The summed E-state index contributed by atoms with van der Waals surface area (Å²) in [4.78, 5) is 0. The number of hydrogen-bond donors (Lipinski definition) is 0. The fraction of sp³-hybridized carbons (Fsp3) is 0.724. The second kappa shape index (κ2) is 14.8. The Balaban J connectivity index is 2.53. The van der Waals surface area contributed by atoms with Gasteiger partial charge in [-0.25, -0.2) is 8.78 Å². The molecule has 0 aromatic rings. The fourth-order valence-corrected chi connectivity index (χ4v) is 4.15. The van der Waals surface area contributed by atoms with E-state index < -0.39 is 11.7 Å². The van der Waals surface area contributed by atoms with Crippen LogP contribution in [0.5, 0.6) is 0 Å². The molecule has 3 heteroatoms. The molecule has 0 amide bonds. The predicted octanol–water partition coefficient (Wildman–Crippen LogP) is 9.53. The third kappa shape index (κ3) is 10.1. The van der Waals surface area contributed by atoms with E-state index in [0.717, 1.165) is 38.2 Å². The lowest BCUT2D eigenvalue weighted by Crippen LogP contribution is -2.23. The SMILES string of the molecule is C/C=C/C1CCC(OCC(C)CCC(C)/C(C)=C(F)/C(F)=C(\C)C(C)/C=C\C(C)C)CC1. The molecular formula is C29H48F2O. The van der Waals surface area contributed by atoms with E-state index in [4.69, 9.17) is 4.74 Å². The minimum absolute atomic E-state index is 0.00813. The maximum absolute atomic E-state index is 14.8. The van der Waals surface area contributed by atoms with Crippen molar-refractivity contribution in [3.8, 4) is 0 Å². The van der Waals surface area contributed by atoms with Gasteiger partial charge in [0.2, 0.25) is 0 Å². The van der Waals surface area contributed by atoms with Gasteiger partial charge in [-0.05, 0) is 100 Å². The molecule has 0 aliphatic heterocycles. The Morgan fingerprint density at radius 1 is 0.875 bits per heavy atom. The lowest BCUT2D eigenvalue weighted by atomic mass is 9.87. The molecule has 32 heavy (non-hydrogen) atoms. The van der Waals surface area contributed by atoms with Gasteiger partial charge in [-0.15, -0.1) is 0 Å². The van der Waals surface area contributed by atoms with Crippen LogP contribution in [0.1, 0.15) is 93.9 Å². The van der Waals surface area contributed by atoms with Crippen LogP contribution < -0.4 is 0 Å². The molecular weight excluding hydrogens is 402 g/mol. The van der Waals surface area contributed by atoms with E-state index >= 15 is 0 Å². The monoisotopic (exact) mass is 450 g/mol. The molecule has 0 heterocycles. The number of halogens is 2. The van der Waals surface area contributed by atoms with Crippen molar-refractivity contribution in [2.24, 2.45) is 29.6 Å². The molecule has 1 saturated carbocycles. The largest absolute Gasteiger partial charge is 0.378 e. The highest BCUT2D eigenvalue weighted by molar-refractivity contribution is 5.31. The first-order chi connectivity index (χ1) is 15.1. The Morgan fingerprint density at radius 2 is 1.47 bits per heavy atom. The summed E-state index contributed by atoms with van der Waals surface area (Å²) in [7, 11) is 0. The minimum atomic E-state index is -0.694. The number of ether oxygens (including phenoxy) is 1. The molecule has 3 atom stereocenters. The topological polar surface area (TPSA) is 9.23 Å². The summed E-state index contributed by atoms with van der Waals surface area (Å²) < 4.78 is 35.8. The van der Waals surface area contributed by atoms with Crippen molar-refractivity contribution in [1.82, 2.24) is 0 Å². The van der Waals surface area contributed by atoms with E-state index in [2.05, 4.69) is 39.8 Å². The standard InChI is InChI=1S/C29H48F2O/c1-9-10-26-15-17-27(18-16-26)32-19-21(4)12-14-23(6)25(8)29(31)28(30)24(7)22(5)13-11-20(2)3/h9-11,13,20-23,26-27H,12,14-19H2,1-8H3/b10-9+,13-11-,28-24-,29-25-. The van der Waals surface area contributed by atoms with Crippen molar-refractivity contribution in [1.29, 1.82) is 0 Å². The highest BCUT2D eigenvalue weighted by Crippen LogP contribution is 2.31. The van der Waals surface area contributed by atoms with Crippen LogP contribution in [0.25, 0.3) is 0 Å². The highest BCUT2D eigenvalue weighted by Gasteiger charge is 2.21. The van der Waals surface area contributed by atoms with E-state index in [9.17, 15) is 8.78 Å². The number of allylic oxidation sites excluding steroid dienone is 8. The van der Waals surface area contributed by atoms with E-state index in [1.54, 1.807) is 13.8 Å². The third-order valence-corrected chi connectivity index (χ3v) is 6.98. The molecule has 0 bridgehead atoms. The molecule has 1 aliphatic carbocycles. The Labute approximate surface area is 197 Å². The van der Waals surface area contributed by atoms with Gasteiger partial charge in [0.25, 0.3) is 0 Å². The Morgan fingerprint density at radius 3 is 2.03 bits per heavy atom. The average molecular weight is 451 g/mol. The molecule has 1 aliphatic rings. The van der Waals surface area contributed by atoms with Crippen molar-refractivity contribution >= 4 is 0 Å². The minimum Gasteiger partial charge on any atom is -0.378 e. The van der Waals surface area contributed by atoms with Gasteiger partial charge in [-0.2, -0.15) is 0 Å². The van der Waals surface area contributed by atoms with Gasteiger partial charge in [0.1, 0.15) is 0 Å². The molecule has 184 valence electrons. The molecule has 1 nitrogen and oxygen atoms in total. The van der Waals surface area contributed by atoms with Crippen LogP contribution in [-0.2, 0) is 4.74 Å². The Hall–Kier alpha value is -1.22. The molecule has 3 unspecified atom stereocenters. The van der Waals surface area contributed by atoms with E-state index in [1.165, 1.54) is 12.8 Å². The van der Waals surface area contributed by atoms with Crippen molar-refractivity contribution in [3.63, 3.8) is 0 Å². The zero-order valence-corrected chi connectivity index (χ0v) is 21.9. The van der Waals surface area contributed by atoms with Crippen molar-refractivity contribution < 1.29 is 13.5 Å². The molecule has 1 fully saturated rings. The van der Waals surface area contributed by atoms with E-state index in [-0.39, 0.29) is 11.8 Å². The number of rotatable bonds is 12. The molecule has 0 spiro atoms. The molecule has 0 saturated heterocycles. The quantitative estimate of drug-likeness (QED) is 0.212. The fourth-order valence-electron chi connectivity index (χ4n) is 4.15. The summed E-state index contributed by atoms with van der Waals surface area (Å²) in [5, 5.41) is 0. The molecule has 1 rings (SSSR count). The van der Waals surface area contributed by atoms with Crippen LogP contribution in [0.15, 0.2) is 47.1 Å². The molecule has 0 N–H and O–H groups in total. The summed E-state index contributed by atoms with van der Waals surface area (Å²) in [6, 6.07) is 0. The van der Waals surface area contributed by atoms with Gasteiger partial charge in [0, 0.05) is 6.61 Å². The van der Waals surface area contributed by atoms with Gasteiger partial charge in [0.15, 0.2) is 11.7 Å². The van der Waals surface area contributed by atoms with Gasteiger partial charge in [0.05, 0.1) is 6.10 Å². The molecule has 0 aromatic carbocycles. The van der Waals surface area contributed by atoms with E-state index in [1.807, 2.05) is 26.0 Å². The van der Waals surface area contributed by atoms with Crippen LogP contribution in [0.3, 0.4) is 0 Å². The zero-order valence-electron chi connectivity index (χ0n) is 21.9. The molecule has 0 radical (unpaired) electrons. The number of hydrogen-bond acceptors (Lipinski definition) is 1. The van der Waals surface area contributed by atoms with Gasteiger partial charge in [-0.3, -0.25) is 0 Å². The average Bonchev–Trinajstić information content (AvgIpc) is 2.78. The zero-order chi connectivity index (χ0) is 24.3. The lowest BCUT2D eigenvalue weighted by molar-refractivity contribution is 0.00360. The summed E-state index contributed by atoms with van der Waals surface area (Å²) in [6.45, 7) is 16.5. The second-order valence-corrected chi connectivity index (χ2v) is 10.4. The van der Waals surface area contributed by atoms with Crippen LogP contribution in [0.4, 0.5) is 8.78 Å². The Bertz CT molecular complexity index is 663. The first kappa shape index (κ1) is 28.8. The summed E-state index contributed by atoms with van der Waals surface area (Å²) in [5.74, 6) is 0.0571. The van der Waals surface area contributed by atoms with Crippen LogP contribution in [0, 0.1) is 29.6 Å². The maximum Gasteiger partial charge on any atom is 0.158 e. The smallest absolute Gasteiger partial charge is 0.158 e. The first-order valence-electron chi connectivity index (χ1n) is 12.7. The van der Waals surface area contributed by atoms with Gasteiger partial charge in [-0.1, -0.05) is 58.9 Å². The summed E-state index contributed by atoms with van der Waals surface area (Å²) in [5.41, 5.74) is 0.967. The van der Waals surface area contributed by atoms with Crippen molar-refractivity contribution in [2.45, 2.75) is 100 Å². The Kier molecular flexibility index (Phi) is 13.4. The van der Waals surface area contributed by atoms with Crippen molar-refractivity contribution in [3.05, 3.63) is 47.1 Å². The molecule has 0 aromatic heterocycles. The third-order valence-electron chi connectivity index (χ3n) is 6.98. The predicted molar refractivity (Wildman–Crippen MR) is 135 cm³/mol. The lowest BCUT2D eigenvalue weighted by Gasteiger charge is -2.28. The maximum atomic E-state index is 14.8. The van der Waals surface area contributed by atoms with Gasteiger partial charge >= 0.3 is 0 Å². The summed E-state index contributed by atoms with van der Waals surface area (Å²) >= 11 is 0. The highest BCUT2D eigenvalue weighted by atomic mass is 19.2. The first-order valence-corrected chi connectivity index (χ1v) is 12.7. The van der Waals surface area contributed by atoms with Crippen LogP contribution in [-0.4, -0.2) is 12.7 Å².